The minimum Gasteiger partial charge on any atom is -0.508 e. The van der Waals surface area contributed by atoms with Crippen molar-refractivity contribution in [2.24, 2.45) is 0 Å². The molecule has 0 saturated carbocycles. The minimum absolute atomic E-state index is 0.129. The first kappa shape index (κ1) is 7.60. The van der Waals surface area contributed by atoms with E-state index in [9.17, 15) is 4.79 Å². The molecule has 0 atom stereocenters. The van der Waals surface area contributed by atoms with Gasteiger partial charge < -0.3 is 9.84 Å². The van der Waals surface area contributed by atoms with Gasteiger partial charge in [-0.15, -0.1) is 0 Å². The van der Waals surface area contributed by atoms with Gasteiger partial charge in [-0.2, -0.15) is 0 Å². The molecule has 3 heteroatoms. The zero-order valence-electron chi connectivity index (χ0n) is 6.07. The van der Waals surface area contributed by atoms with Gasteiger partial charge in [0.05, 0.1) is 0 Å². The molecule has 0 heterocycles. The van der Waals surface area contributed by atoms with Crippen LogP contribution in [0.4, 0.5) is 0 Å². The van der Waals surface area contributed by atoms with Crippen molar-refractivity contribution in [2.45, 2.75) is 6.92 Å². The van der Waals surface area contributed by atoms with E-state index >= 15 is 0 Å². The van der Waals surface area contributed by atoms with Gasteiger partial charge in [0.1, 0.15) is 11.5 Å². The minimum atomic E-state index is 0.129. The molecular formula is C8H8O3. The molecule has 11 heavy (non-hydrogen) atoms. The molecule has 58 valence electrons. The fourth-order valence-corrected chi connectivity index (χ4v) is 0.782. The third-order valence-electron chi connectivity index (χ3n) is 1.43. The normalized spacial score (nSPS) is 9.18. The van der Waals surface area contributed by atoms with E-state index in [1.807, 2.05) is 0 Å². The molecule has 1 N–H and O–H groups in total. The lowest BCUT2D eigenvalue weighted by atomic mass is 10.2. The number of hydrogen-bond donors (Lipinski definition) is 1. The van der Waals surface area contributed by atoms with E-state index in [1.165, 1.54) is 6.07 Å². The second-order valence-corrected chi connectivity index (χ2v) is 2.11. The maximum Gasteiger partial charge on any atom is 0.298 e. The fourth-order valence-electron chi connectivity index (χ4n) is 0.782. The molecule has 1 aromatic rings. The SMILES string of the molecule is Cc1c(O)cccc1OC=O. The van der Waals surface area contributed by atoms with Crippen LogP contribution >= 0.6 is 0 Å². The number of phenolic OH excluding ortho intramolecular Hbond substituents is 1. The fraction of sp³-hybridized carbons (Fsp3) is 0.125. The largest absolute Gasteiger partial charge is 0.508 e. The summed E-state index contributed by atoms with van der Waals surface area (Å²) in [6.07, 6.45) is 0. The monoisotopic (exact) mass is 152 g/mol. The smallest absolute Gasteiger partial charge is 0.298 e. The maximum atomic E-state index is 9.93. The quantitative estimate of drug-likeness (QED) is 0.648. The highest BCUT2D eigenvalue weighted by atomic mass is 16.5. The Kier molecular flexibility index (Phi) is 2.11. The van der Waals surface area contributed by atoms with E-state index in [4.69, 9.17) is 5.11 Å². The van der Waals surface area contributed by atoms with Crippen LogP contribution in [0.1, 0.15) is 5.56 Å². The van der Waals surface area contributed by atoms with Crippen molar-refractivity contribution in [3.05, 3.63) is 23.8 Å². The molecule has 0 amide bonds. The van der Waals surface area contributed by atoms with Gasteiger partial charge in [0.25, 0.3) is 6.47 Å². The summed E-state index contributed by atoms with van der Waals surface area (Å²) < 4.78 is 4.58. The Hall–Kier alpha value is -1.51. The van der Waals surface area contributed by atoms with Crippen molar-refractivity contribution >= 4 is 6.47 Å². The van der Waals surface area contributed by atoms with Crippen molar-refractivity contribution in [1.82, 2.24) is 0 Å². The van der Waals surface area contributed by atoms with Gasteiger partial charge >= 0.3 is 0 Å². The Morgan fingerprint density at radius 2 is 2.27 bits per heavy atom. The summed E-state index contributed by atoms with van der Waals surface area (Å²) in [6, 6.07) is 4.76. The average Bonchev–Trinajstić information content (AvgIpc) is 1.99. The zero-order chi connectivity index (χ0) is 8.27. The van der Waals surface area contributed by atoms with Crippen LogP contribution in [0.3, 0.4) is 0 Å². The number of benzene rings is 1. The number of phenols is 1. The highest BCUT2D eigenvalue weighted by Gasteiger charge is 2.01. The number of rotatable bonds is 2. The summed E-state index contributed by atoms with van der Waals surface area (Å²) in [7, 11) is 0. The van der Waals surface area contributed by atoms with Crippen molar-refractivity contribution in [3.63, 3.8) is 0 Å². The van der Waals surface area contributed by atoms with Crippen molar-refractivity contribution in [3.8, 4) is 11.5 Å². The van der Waals surface area contributed by atoms with Crippen LogP contribution in [0, 0.1) is 6.92 Å². The van der Waals surface area contributed by atoms with Crippen LogP contribution < -0.4 is 4.74 Å². The Morgan fingerprint density at radius 3 is 2.91 bits per heavy atom. The topological polar surface area (TPSA) is 46.5 Å². The first-order valence-electron chi connectivity index (χ1n) is 3.14. The summed E-state index contributed by atoms with van der Waals surface area (Å²) in [6.45, 7) is 2.01. The molecule has 0 bridgehead atoms. The standard InChI is InChI=1S/C8H8O3/c1-6-7(10)3-2-4-8(6)11-5-9/h2-5,10H,1H3. The molecule has 0 aliphatic rings. The van der Waals surface area contributed by atoms with Crippen LogP contribution in [-0.2, 0) is 4.79 Å². The molecule has 0 radical (unpaired) electrons. The van der Waals surface area contributed by atoms with E-state index in [2.05, 4.69) is 4.74 Å². The third-order valence-corrected chi connectivity index (χ3v) is 1.43. The number of carbonyl (C=O) groups excluding carboxylic acids is 1. The van der Waals surface area contributed by atoms with E-state index in [0.29, 0.717) is 17.8 Å². The van der Waals surface area contributed by atoms with Gasteiger partial charge in [-0.1, -0.05) is 6.07 Å². The molecule has 0 unspecified atom stereocenters. The molecule has 0 aromatic heterocycles. The third kappa shape index (κ3) is 1.49. The van der Waals surface area contributed by atoms with Crippen LogP contribution in [0.15, 0.2) is 18.2 Å². The number of aromatic hydroxyl groups is 1. The predicted octanol–water partition coefficient (Wildman–Crippen LogP) is 1.24. The molecule has 3 nitrogen and oxygen atoms in total. The molecule has 0 saturated heterocycles. The van der Waals surface area contributed by atoms with Crippen LogP contribution in [-0.4, -0.2) is 11.6 Å². The summed E-state index contributed by atoms with van der Waals surface area (Å²) in [4.78, 5) is 9.93. The van der Waals surface area contributed by atoms with E-state index in [0.717, 1.165) is 0 Å². The summed E-state index contributed by atoms with van der Waals surface area (Å²) >= 11 is 0. The Balaban J connectivity index is 3.05. The van der Waals surface area contributed by atoms with Gasteiger partial charge in [-0.3, -0.25) is 4.79 Å². The average molecular weight is 152 g/mol. The lowest BCUT2D eigenvalue weighted by Crippen LogP contribution is -1.90. The summed E-state index contributed by atoms with van der Waals surface area (Å²) in [5, 5.41) is 9.13. The van der Waals surface area contributed by atoms with Crippen molar-refractivity contribution in [1.29, 1.82) is 0 Å². The Labute approximate surface area is 64.2 Å². The lowest BCUT2D eigenvalue weighted by molar-refractivity contribution is -0.120. The van der Waals surface area contributed by atoms with E-state index in [-0.39, 0.29) is 5.75 Å². The van der Waals surface area contributed by atoms with Crippen LogP contribution in [0.25, 0.3) is 0 Å². The maximum absolute atomic E-state index is 9.93. The van der Waals surface area contributed by atoms with Crippen LogP contribution in [0.5, 0.6) is 11.5 Å². The predicted molar refractivity (Wildman–Crippen MR) is 39.5 cm³/mol. The molecule has 1 aromatic carbocycles. The highest BCUT2D eigenvalue weighted by Crippen LogP contribution is 2.25. The number of carbonyl (C=O) groups is 1. The van der Waals surface area contributed by atoms with Crippen molar-refractivity contribution < 1.29 is 14.6 Å². The number of ether oxygens (including phenoxy) is 1. The molecule has 1 rings (SSSR count). The molecule has 0 spiro atoms. The summed E-state index contributed by atoms with van der Waals surface area (Å²) in [5.41, 5.74) is 0.569. The first-order chi connectivity index (χ1) is 5.25. The van der Waals surface area contributed by atoms with Gasteiger partial charge in [-0.05, 0) is 19.1 Å². The van der Waals surface area contributed by atoms with Crippen LogP contribution in [0.2, 0.25) is 0 Å². The second kappa shape index (κ2) is 3.05. The van der Waals surface area contributed by atoms with Crippen molar-refractivity contribution in [2.75, 3.05) is 0 Å². The van der Waals surface area contributed by atoms with Gasteiger partial charge in [-0.25, -0.2) is 0 Å². The lowest BCUT2D eigenvalue weighted by Gasteiger charge is -2.02. The Morgan fingerprint density at radius 1 is 1.55 bits per heavy atom. The molecular weight excluding hydrogens is 144 g/mol. The molecule has 0 aliphatic carbocycles. The van der Waals surface area contributed by atoms with E-state index in [1.54, 1.807) is 19.1 Å². The van der Waals surface area contributed by atoms with Gasteiger partial charge in [0, 0.05) is 5.56 Å². The molecule has 0 aliphatic heterocycles. The Bertz CT molecular complexity index is 268. The first-order valence-corrected chi connectivity index (χ1v) is 3.14. The summed E-state index contributed by atoms with van der Waals surface area (Å²) in [5.74, 6) is 0.518. The second-order valence-electron chi connectivity index (χ2n) is 2.11. The zero-order valence-corrected chi connectivity index (χ0v) is 6.07. The number of hydrogen-bond acceptors (Lipinski definition) is 3. The highest BCUT2D eigenvalue weighted by molar-refractivity contribution is 5.51. The van der Waals surface area contributed by atoms with Gasteiger partial charge in [0.2, 0.25) is 0 Å². The van der Waals surface area contributed by atoms with E-state index < -0.39 is 0 Å². The van der Waals surface area contributed by atoms with Gasteiger partial charge in [0.15, 0.2) is 0 Å². The molecule has 0 fully saturated rings.